The van der Waals surface area contributed by atoms with E-state index < -0.39 is 12.0 Å². The summed E-state index contributed by atoms with van der Waals surface area (Å²) in [5.74, 6) is -0.373. The van der Waals surface area contributed by atoms with Crippen molar-refractivity contribution in [1.29, 1.82) is 0 Å². The monoisotopic (exact) mass is 293 g/mol. The van der Waals surface area contributed by atoms with Crippen LogP contribution in [0.4, 0.5) is 0 Å². The van der Waals surface area contributed by atoms with E-state index in [-0.39, 0.29) is 28.7 Å². The Bertz CT molecular complexity index is 468. The molecule has 2 saturated carbocycles. The Kier molecular flexibility index (Phi) is 3.16. The predicted molar refractivity (Wildman–Crippen MR) is 79.7 cm³/mol. The number of rotatable bonds is 2. The van der Waals surface area contributed by atoms with Crippen LogP contribution >= 0.6 is 0 Å². The molecule has 3 unspecified atom stereocenters. The van der Waals surface area contributed by atoms with Gasteiger partial charge >= 0.3 is 5.97 Å². The lowest BCUT2D eigenvalue weighted by Gasteiger charge is -2.33. The van der Waals surface area contributed by atoms with Crippen molar-refractivity contribution < 1.29 is 14.7 Å². The number of hydrogen-bond donors (Lipinski definition) is 1. The maximum atomic E-state index is 13.1. The van der Waals surface area contributed by atoms with Gasteiger partial charge in [-0.3, -0.25) is 4.79 Å². The number of amides is 1. The number of nitrogens with zero attached hydrogens (tertiary/aromatic N) is 1. The number of carbonyl (C=O) groups excluding carboxylic acids is 1. The van der Waals surface area contributed by atoms with Gasteiger partial charge in [0, 0.05) is 12.0 Å². The van der Waals surface area contributed by atoms with Crippen LogP contribution in [0.2, 0.25) is 0 Å². The first-order valence-corrected chi connectivity index (χ1v) is 8.24. The van der Waals surface area contributed by atoms with Crippen LogP contribution in [0.5, 0.6) is 0 Å². The Morgan fingerprint density at radius 3 is 2.14 bits per heavy atom. The number of carboxylic acids is 1. The molecule has 0 aromatic heterocycles. The summed E-state index contributed by atoms with van der Waals surface area (Å²) in [5.41, 5.74) is -0.0558. The second kappa shape index (κ2) is 4.47. The van der Waals surface area contributed by atoms with Crippen LogP contribution in [-0.4, -0.2) is 34.0 Å². The van der Waals surface area contributed by atoms with Gasteiger partial charge in [-0.2, -0.15) is 0 Å². The van der Waals surface area contributed by atoms with E-state index in [1.807, 2.05) is 0 Å². The molecule has 0 spiro atoms. The topological polar surface area (TPSA) is 57.6 Å². The first-order chi connectivity index (χ1) is 9.69. The molecule has 2 aliphatic carbocycles. The van der Waals surface area contributed by atoms with Gasteiger partial charge < -0.3 is 10.0 Å². The maximum Gasteiger partial charge on any atom is 0.326 e. The van der Waals surface area contributed by atoms with Gasteiger partial charge in [0.15, 0.2) is 0 Å². The number of hydrogen-bond acceptors (Lipinski definition) is 2. The summed E-state index contributed by atoms with van der Waals surface area (Å²) in [5, 5.41) is 9.55. The highest BCUT2D eigenvalue weighted by Crippen LogP contribution is 2.69. The molecule has 1 heterocycles. The van der Waals surface area contributed by atoms with Crippen molar-refractivity contribution >= 4 is 11.9 Å². The molecule has 118 valence electrons. The smallest absolute Gasteiger partial charge is 0.326 e. The SMILES string of the molecule is CC1(C)C(C(=O)N2C(C(=O)O)CC3CCCCC32)C1(C)C. The average Bonchev–Trinajstić information content (AvgIpc) is 2.73. The molecular formula is C17H27NO3. The molecule has 0 radical (unpaired) electrons. The summed E-state index contributed by atoms with van der Waals surface area (Å²) in [6.45, 7) is 8.50. The van der Waals surface area contributed by atoms with Crippen LogP contribution in [-0.2, 0) is 9.59 Å². The summed E-state index contributed by atoms with van der Waals surface area (Å²) < 4.78 is 0. The third-order valence-corrected chi connectivity index (χ3v) is 6.90. The van der Waals surface area contributed by atoms with E-state index in [1.165, 1.54) is 6.42 Å². The fourth-order valence-corrected chi connectivity index (χ4v) is 4.96. The molecule has 1 aliphatic heterocycles. The van der Waals surface area contributed by atoms with E-state index in [1.54, 1.807) is 4.90 Å². The first-order valence-electron chi connectivity index (χ1n) is 8.24. The Morgan fingerprint density at radius 1 is 1.05 bits per heavy atom. The Balaban J connectivity index is 1.88. The lowest BCUT2D eigenvalue weighted by Crippen LogP contribution is -2.47. The minimum absolute atomic E-state index is 0.0279. The van der Waals surface area contributed by atoms with Crippen molar-refractivity contribution in [3.05, 3.63) is 0 Å². The van der Waals surface area contributed by atoms with E-state index in [4.69, 9.17) is 0 Å². The molecule has 21 heavy (non-hydrogen) atoms. The van der Waals surface area contributed by atoms with E-state index in [9.17, 15) is 14.7 Å². The zero-order chi connectivity index (χ0) is 15.6. The fraction of sp³-hybridized carbons (Fsp3) is 0.882. The van der Waals surface area contributed by atoms with Crippen molar-refractivity contribution in [3.63, 3.8) is 0 Å². The molecule has 3 rings (SSSR count). The second-order valence-electron chi connectivity index (χ2n) is 8.32. The summed E-state index contributed by atoms with van der Waals surface area (Å²) in [6, 6.07) is -0.433. The van der Waals surface area contributed by atoms with Gasteiger partial charge in [-0.05, 0) is 36.0 Å². The molecule has 1 saturated heterocycles. The minimum atomic E-state index is -0.825. The van der Waals surface area contributed by atoms with Gasteiger partial charge in [0.25, 0.3) is 0 Å². The number of aliphatic carboxylic acids is 1. The van der Waals surface area contributed by atoms with Gasteiger partial charge in [0.1, 0.15) is 6.04 Å². The molecule has 0 bridgehead atoms. The number of carboxylic acid groups (broad SMARTS) is 1. The standard InChI is InChI=1S/C17H27NO3/c1-16(2)13(17(16,3)4)14(19)18-11-8-6-5-7-10(11)9-12(18)15(20)21/h10-13H,5-9H2,1-4H3,(H,20,21). The second-order valence-corrected chi connectivity index (χ2v) is 8.32. The van der Waals surface area contributed by atoms with Crippen LogP contribution in [0.1, 0.15) is 59.8 Å². The molecule has 3 aliphatic rings. The number of fused-ring (bicyclic) bond motifs is 1. The van der Waals surface area contributed by atoms with Crippen molar-refractivity contribution in [2.45, 2.75) is 71.9 Å². The highest BCUT2D eigenvalue weighted by atomic mass is 16.4. The molecule has 4 heteroatoms. The number of carbonyl (C=O) groups is 2. The molecule has 3 atom stereocenters. The summed E-state index contributed by atoms with van der Waals surface area (Å²) in [4.78, 5) is 26.5. The van der Waals surface area contributed by atoms with Gasteiger partial charge in [-0.1, -0.05) is 40.5 Å². The lowest BCUT2D eigenvalue weighted by atomic mass is 9.84. The third kappa shape index (κ3) is 1.94. The average molecular weight is 293 g/mol. The third-order valence-electron chi connectivity index (χ3n) is 6.90. The Morgan fingerprint density at radius 2 is 1.62 bits per heavy atom. The quantitative estimate of drug-likeness (QED) is 0.851. The van der Waals surface area contributed by atoms with Crippen LogP contribution in [0.3, 0.4) is 0 Å². The van der Waals surface area contributed by atoms with E-state index in [0.717, 1.165) is 19.3 Å². The van der Waals surface area contributed by atoms with Crippen molar-refractivity contribution in [3.8, 4) is 0 Å². The fourth-order valence-electron chi connectivity index (χ4n) is 4.96. The Hall–Kier alpha value is -1.06. The van der Waals surface area contributed by atoms with Crippen LogP contribution in [0.15, 0.2) is 0 Å². The van der Waals surface area contributed by atoms with Gasteiger partial charge in [-0.15, -0.1) is 0 Å². The highest BCUT2D eigenvalue weighted by molar-refractivity contribution is 5.89. The summed E-state index contributed by atoms with van der Waals surface area (Å²) >= 11 is 0. The van der Waals surface area contributed by atoms with E-state index in [2.05, 4.69) is 27.7 Å². The normalized spacial score (nSPS) is 37.1. The molecule has 1 amide bonds. The highest BCUT2D eigenvalue weighted by Gasteiger charge is 2.70. The summed E-state index contributed by atoms with van der Waals surface area (Å²) in [7, 11) is 0. The summed E-state index contributed by atoms with van der Waals surface area (Å²) in [6.07, 6.45) is 5.01. The lowest BCUT2D eigenvalue weighted by molar-refractivity contribution is -0.151. The van der Waals surface area contributed by atoms with Crippen molar-refractivity contribution in [2.75, 3.05) is 0 Å². The van der Waals surface area contributed by atoms with Crippen LogP contribution in [0, 0.1) is 22.7 Å². The molecule has 1 N–H and O–H groups in total. The molecule has 4 nitrogen and oxygen atoms in total. The molecule has 0 aromatic rings. The Labute approximate surface area is 126 Å². The van der Waals surface area contributed by atoms with Crippen LogP contribution in [0.25, 0.3) is 0 Å². The van der Waals surface area contributed by atoms with Crippen molar-refractivity contribution in [2.24, 2.45) is 22.7 Å². The maximum absolute atomic E-state index is 13.1. The van der Waals surface area contributed by atoms with Crippen molar-refractivity contribution in [1.82, 2.24) is 4.90 Å². The molecular weight excluding hydrogens is 266 g/mol. The van der Waals surface area contributed by atoms with E-state index >= 15 is 0 Å². The zero-order valence-electron chi connectivity index (χ0n) is 13.6. The largest absolute Gasteiger partial charge is 0.480 e. The van der Waals surface area contributed by atoms with E-state index in [0.29, 0.717) is 12.3 Å². The van der Waals surface area contributed by atoms with Gasteiger partial charge in [0.05, 0.1) is 0 Å². The minimum Gasteiger partial charge on any atom is -0.480 e. The first kappa shape index (κ1) is 14.9. The predicted octanol–water partition coefficient (Wildman–Crippen LogP) is 2.91. The number of likely N-dealkylation sites (tertiary alicyclic amines) is 1. The molecule has 3 fully saturated rings. The van der Waals surface area contributed by atoms with Crippen LogP contribution < -0.4 is 0 Å². The zero-order valence-corrected chi connectivity index (χ0v) is 13.6. The molecule has 0 aromatic carbocycles. The van der Waals surface area contributed by atoms with Gasteiger partial charge in [-0.25, -0.2) is 4.79 Å². The van der Waals surface area contributed by atoms with Gasteiger partial charge in [0.2, 0.25) is 5.91 Å².